The SMILES string of the molecule is CCC(C(=O)NC(C)(C)C)N(Cc1ccc(OC)cc1)C(=O)COc1ccc(Cl)cc1Br. The summed E-state index contributed by atoms with van der Waals surface area (Å²) in [6, 6.07) is 11.9. The van der Waals surface area contributed by atoms with Gasteiger partial charge < -0.3 is 19.7 Å². The minimum absolute atomic E-state index is 0.200. The molecular formula is C24H30BrClN2O4. The van der Waals surface area contributed by atoms with E-state index in [0.717, 1.165) is 11.3 Å². The van der Waals surface area contributed by atoms with E-state index >= 15 is 0 Å². The van der Waals surface area contributed by atoms with Crippen LogP contribution >= 0.6 is 27.5 Å². The molecule has 0 heterocycles. The van der Waals surface area contributed by atoms with Gasteiger partial charge in [-0.1, -0.05) is 30.7 Å². The van der Waals surface area contributed by atoms with E-state index in [1.54, 1.807) is 30.2 Å². The average Bonchev–Trinajstić information content (AvgIpc) is 2.72. The first kappa shape index (κ1) is 26.0. The Kier molecular flexibility index (Phi) is 9.40. The van der Waals surface area contributed by atoms with Crippen molar-refractivity contribution in [2.24, 2.45) is 0 Å². The molecule has 1 unspecified atom stereocenters. The topological polar surface area (TPSA) is 67.9 Å². The van der Waals surface area contributed by atoms with Crippen LogP contribution in [-0.2, 0) is 16.1 Å². The number of ether oxygens (including phenoxy) is 2. The molecule has 2 amide bonds. The minimum atomic E-state index is -0.638. The predicted octanol–water partition coefficient (Wildman–Crippen LogP) is 5.21. The quantitative estimate of drug-likeness (QED) is 0.488. The lowest BCUT2D eigenvalue weighted by Crippen LogP contribution is -2.54. The molecule has 0 fully saturated rings. The molecule has 8 heteroatoms. The van der Waals surface area contributed by atoms with E-state index in [4.69, 9.17) is 21.1 Å². The standard InChI is InChI=1S/C24H30BrClN2O4/c1-6-20(23(30)27-24(2,3)4)28(14-16-7-10-18(31-5)11-8-16)22(29)15-32-21-12-9-17(26)13-19(21)25/h7-13,20H,6,14-15H2,1-5H3,(H,27,30). The van der Waals surface area contributed by atoms with Crippen molar-refractivity contribution in [1.29, 1.82) is 0 Å². The number of benzene rings is 2. The Morgan fingerprint density at radius 2 is 1.81 bits per heavy atom. The Labute approximate surface area is 203 Å². The van der Waals surface area contributed by atoms with Gasteiger partial charge >= 0.3 is 0 Å². The lowest BCUT2D eigenvalue weighted by Gasteiger charge is -2.33. The van der Waals surface area contributed by atoms with Crippen LogP contribution in [0, 0.1) is 0 Å². The molecule has 0 aliphatic rings. The van der Waals surface area contributed by atoms with E-state index in [9.17, 15) is 9.59 Å². The molecule has 2 rings (SSSR count). The van der Waals surface area contributed by atoms with E-state index in [1.807, 2.05) is 52.0 Å². The Balaban J connectivity index is 2.25. The van der Waals surface area contributed by atoms with Crippen molar-refractivity contribution in [2.75, 3.05) is 13.7 Å². The molecule has 0 aliphatic carbocycles. The Bertz CT molecular complexity index is 929. The van der Waals surface area contributed by atoms with Crippen molar-refractivity contribution >= 4 is 39.3 Å². The van der Waals surface area contributed by atoms with Crippen molar-refractivity contribution in [2.45, 2.75) is 52.2 Å². The fourth-order valence-electron chi connectivity index (χ4n) is 3.11. The molecule has 1 N–H and O–H groups in total. The zero-order valence-electron chi connectivity index (χ0n) is 19.1. The smallest absolute Gasteiger partial charge is 0.261 e. The van der Waals surface area contributed by atoms with Crippen molar-refractivity contribution < 1.29 is 19.1 Å². The number of nitrogens with zero attached hydrogens (tertiary/aromatic N) is 1. The van der Waals surface area contributed by atoms with E-state index < -0.39 is 11.6 Å². The van der Waals surface area contributed by atoms with Gasteiger partial charge in [0.2, 0.25) is 5.91 Å². The number of amides is 2. The van der Waals surface area contributed by atoms with Crippen molar-refractivity contribution in [1.82, 2.24) is 10.2 Å². The van der Waals surface area contributed by atoms with Gasteiger partial charge in [-0.25, -0.2) is 0 Å². The molecule has 0 saturated heterocycles. The highest BCUT2D eigenvalue weighted by atomic mass is 79.9. The van der Waals surface area contributed by atoms with Crippen LogP contribution in [0.25, 0.3) is 0 Å². The summed E-state index contributed by atoms with van der Waals surface area (Å²) < 4.78 is 11.6. The number of hydrogen-bond acceptors (Lipinski definition) is 4. The lowest BCUT2D eigenvalue weighted by atomic mass is 10.1. The number of rotatable bonds is 9. The number of methoxy groups -OCH3 is 1. The molecule has 0 spiro atoms. The van der Waals surface area contributed by atoms with Crippen LogP contribution in [0.4, 0.5) is 0 Å². The highest BCUT2D eigenvalue weighted by Gasteiger charge is 2.31. The fraction of sp³-hybridized carbons (Fsp3) is 0.417. The zero-order chi connectivity index (χ0) is 23.9. The van der Waals surface area contributed by atoms with E-state index in [2.05, 4.69) is 21.2 Å². The predicted molar refractivity (Wildman–Crippen MR) is 130 cm³/mol. The third-order valence-corrected chi connectivity index (χ3v) is 5.50. The molecule has 0 radical (unpaired) electrons. The first-order valence-electron chi connectivity index (χ1n) is 10.4. The molecule has 1 atom stereocenters. The summed E-state index contributed by atoms with van der Waals surface area (Å²) in [5.74, 6) is 0.729. The van der Waals surface area contributed by atoms with Gasteiger partial charge in [-0.2, -0.15) is 0 Å². The van der Waals surface area contributed by atoms with Gasteiger partial charge in [0.1, 0.15) is 17.5 Å². The molecular weight excluding hydrogens is 496 g/mol. The summed E-state index contributed by atoms with van der Waals surface area (Å²) in [6.07, 6.45) is 0.467. The average molecular weight is 526 g/mol. The fourth-order valence-corrected chi connectivity index (χ4v) is 3.91. The molecule has 2 aromatic rings. The van der Waals surface area contributed by atoms with Crippen LogP contribution < -0.4 is 14.8 Å². The first-order chi connectivity index (χ1) is 15.0. The van der Waals surface area contributed by atoms with Gasteiger partial charge in [0.05, 0.1) is 11.6 Å². The number of nitrogens with one attached hydrogen (secondary N) is 1. The van der Waals surface area contributed by atoms with Gasteiger partial charge in [-0.3, -0.25) is 9.59 Å². The van der Waals surface area contributed by atoms with Gasteiger partial charge in [0, 0.05) is 17.1 Å². The molecule has 32 heavy (non-hydrogen) atoms. The largest absolute Gasteiger partial charge is 0.497 e. The number of carbonyl (C=O) groups is 2. The zero-order valence-corrected chi connectivity index (χ0v) is 21.4. The van der Waals surface area contributed by atoms with Gasteiger partial charge in [0.15, 0.2) is 6.61 Å². The summed E-state index contributed by atoms with van der Waals surface area (Å²) in [4.78, 5) is 27.8. The summed E-state index contributed by atoms with van der Waals surface area (Å²) in [7, 11) is 1.60. The molecule has 0 saturated carbocycles. The van der Waals surface area contributed by atoms with Crippen molar-refractivity contribution in [3.05, 3.63) is 57.5 Å². The molecule has 0 aromatic heterocycles. The first-order valence-corrected chi connectivity index (χ1v) is 11.5. The number of halogens is 2. The van der Waals surface area contributed by atoms with Crippen LogP contribution in [-0.4, -0.2) is 42.0 Å². The maximum absolute atomic E-state index is 13.2. The van der Waals surface area contributed by atoms with E-state index in [-0.39, 0.29) is 25.0 Å². The third-order valence-electron chi connectivity index (χ3n) is 4.64. The Hall–Kier alpha value is -2.25. The van der Waals surface area contributed by atoms with Gasteiger partial charge in [-0.15, -0.1) is 0 Å². The molecule has 174 valence electrons. The molecule has 6 nitrogen and oxygen atoms in total. The van der Waals surface area contributed by atoms with Crippen LogP contribution in [0.1, 0.15) is 39.7 Å². The van der Waals surface area contributed by atoms with Gasteiger partial charge in [-0.05, 0) is 79.0 Å². The van der Waals surface area contributed by atoms with Crippen LogP contribution in [0.5, 0.6) is 11.5 Å². The minimum Gasteiger partial charge on any atom is -0.497 e. The maximum atomic E-state index is 13.2. The highest BCUT2D eigenvalue weighted by molar-refractivity contribution is 9.10. The second-order valence-electron chi connectivity index (χ2n) is 8.40. The van der Waals surface area contributed by atoms with Crippen molar-refractivity contribution in [3.8, 4) is 11.5 Å². The normalized spacial score (nSPS) is 12.1. The number of carbonyl (C=O) groups excluding carboxylic acids is 2. The lowest BCUT2D eigenvalue weighted by molar-refractivity contribution is -0.143. The monoisotopic (exact) mass is 524 g/mol. The summed E-state index contributed by atoms with van der Waals surface area (Å²) in [5, 5.41) is 3.54. The van der Waals surface area contributed by atoms with E-state index in [0.29, 0.717) is 21.7 Å². The summed E-state index contributed by atoms with van der Waals surface area (Å²) in [6.45, 7) is 7.68. The maximum Gasteiger partial charge on any atom is 0.261 e. The van der Waals surface area contributed by atoms with Crippen LogP contribution in [0.15, 0.2) is 46.9 Å². The van der Waals surface area contributed by atoms with Gasteiger partial charge in [0.25, 0.3) is 5.91 Å². The molecule has 0 bridgehead atoms. The Morgan fingerprint density at radius 1 is 1.16 bits per heavy atom. The molecule has 0 aliphatic heterocycles. The second kappa shape index (κ2) is 11.6. The number of hydrogen-bond donors (Lipinski definition) is 1. The van der Waals surface area contributed by atoms with Crippen LogP contribution in [0.2, 0.25) is 5.02 Å². The summed E-state index contributed by atoms with van der Waals surface area (Å²) in [5.41, 5.74) is 0.470. The van der Waals surface area contributed by atoms with E-state index in [1.165, 1.54) is 0 Å². The van der Waals surface area contributed by atoms with Crippen LogP contribution in [0.3, 0.4) is 0 Å². The Morgan fingerprint density at radius 3 is 2.34 bits per heavy atom. The highest BCUT2D eigenvalue weighted by Crippen LogP contribution is 2.28. The second-order valence-corrected chi connectivity index (χ2v) is 9.69. The molecule has 2 aromatic carbocycles. The third kappa shape index (κ3) is 7.71. The van der Waals surface area contributed by atoms with Crippen molar-refractivity contribution in [3.63, 3.8) is 0 Å². The summed E-state index contributed by atoms with van der Waals surface area (Å²) >= 11 is 9.37.